The van der Waals surface area contributed by atoms with Crippen LogP contribution in [0.15, 0.2) is 0 Å². The van der Waals surface area contributed by atoms with Gasteiger partial charge in [-0.1, -0.05) is 19.6 Å². The molecule has 0 radical (unpaired) electrons. The summed E-state index contributed by atoms with van der Waals surface area (Å²) in [5.74, 6) is -2.72. The fourth-order valence-corrected chi connectivity index (χ4v) is 2.59. The van der Waals surface area contributed by atoms with E-state index in [1.54, 1.807) is 0 Å². The normalized spacial score (nSPS) is 13.5. The maximum Gasteiger partial charge on any atom is 0.319 e. The summed E-state index contributed by atoms with van der Waals surface area (Å²) in [4.78, 5) is 21.7. The molecule has 76 valence electrons. The van der Waals surface area contributed by atoms with E-state index < -0.39 is 25.9 Å². The number of hydrogen-bond donors (Lipinski definition) is 1. The van der Waals surface area contributed by atoms with Crippen molar-refractivity contribution in [1.29, 1.82) is 0 Å². The molecule has 0 aromatic carbocycles. The Balaban J connectivity index is 4.45. The second kappa shape index (κ2) is 4.41. The summed E-state index contributed by atoms with van der Waals surface area (Å²) in [6.07, 6.45) is 0. The van der Waals surface area contributed by atoms with Gasteiger partial charge in [-0.2, -0.15) is 0 Å². The Kier molecular flexibility index (Phi) is 4.12. The van der Waals surface area contributed by atoms with Crippen LogP contribution >= 0.6 is 0 Å². The maximum atomic E-state index is 11.1. The van der Waals surface area contributed by atoms with E-state index in [9.17, 15) is 9.59 Å². The smallest absolute Gasteiger partial charge is 0.319 e. The van der Waals surface area contributed by atoms with Gasteiger partial charge in [0.1, 0.15) is 0 Å². The molecule has 0 saturated heterocycles. The number of methoxy groups -OCH3 is 1. The molecule has 0 saturated carbocycles. The number of rotatable bonds is 4. The van der Waals surface area contributed by atoms with Gasteiger partial charge in [-0.25, -0.2) is 0 Å². The van der Waals surface area contributed by atoms with Crippen LogP contribution < -0.4 is 0 Å². The quantitative estimate of drug-likeness (QED) is 0.424. The Morgan fingerprint density at radius 2 is 1.85 bits per heavy atom. The fourth-order valence-electron chi connectivity index (χ4n) is 1.03. The minimum Gasteiger partial charge on any atom is -0.481 e. The third kappa shape index (κ3) is 4.67. The molecule has 0 rings (SSSR count). The van der Waals surface area contributed by atoms with E-state index in [0.29, 0.717) is 6.04 Å². The van der Waals surface area contributed by atoms with Gasteiger partial charge in [0.15, 0.2) is 5.92 Å². The van der Waals surface area contributed by atoms with Crippen molar-refractivity contribution in [3.05, 3.63) is 0 Å². The van der Waals surface area contributed by atoms with Gasteiger partial charge in [0.05, 0.1) is 7.11 Å². The van der Waals surface area contributed by atoms with Crippen molar-refractivity contribution < 1.29 is 19.4 Å². The highest BCUT2D eigenvalue weighted by atomic mass is 28.3. The molecule has 0 fully saturated rings. The number of esters is 1. The third-order valence-electron chi connectivity index (χ3n) is 1.60. The molecule has 0 amide bonds. The zero-order valence-electron chi connectivity index (χ0n) is 8.46. The van der Waals surface area contributed by atoms with Crippen molar-refractivity contribution in [2.24, 2.45) is 5.92 Å². The highest BCUT2D eigenvalue weighted by Gasteiger charge is 2.32. The van der Waals surface area contributed by atoms with Crippen LogP contribution in [0.3, 0.4) is 0 Å². The lowest BCUT2D eigenvalue weighted by Gasteiger charge is -2.19. The Bertz CT molecular complexity index is 207. The molecule has 13 heavy (non-hydrogen) atoms. The van der Waals surface area contributed by atoms with Crippen LogP contribution in [0.5, 0.6) is 0 Å². The maximum absolute atomic E-state index is 11.1. The van der Waals surface area contributed by atoms with Gasteiger partial charge in [0.2, 0.25) is 0 Å². The molecule has 0 aliphatic rings. The van der Waals surface area contributed by atoms with E-state index in [2.05, 4.69) is 4.74 Å². The van der Waals surface area contributed by atoms with E-state index in [1.165, 1.54) is 7.11 Å². The minimum atomic E-state index is -1.54. The largest absolute Gasteiger partial charge is 0.481 e. The summed E-state index contributed by atoms with van der Waals surface area (Å²) >= 11 is 0. The van der Waals surface area contributed by atoms with Crippen molar-refractivity contribution in [1.82, 2.24) is 0 Å². The summed E-state index contributed by atoms with van der Waals surface area (Å²) < 4.78 is 4.42. The van der Waals surface area contributed by atoms with E-state index in [1.807, 2.05) is 19.6 Å². The van der Waals surface area contributed by atoms with Gasteiger partial charge in [-0.05, 0) is 6.04 Å². The summed E-state index contributed by atoms with van der Waals surface area (Å²) in [7, 11) is -0.333. The SMILES string of the molecule is COC(=O)C(C[Si](C)(C)C)C(=O)O. The second-order valence-electron chi connectivity index (χ2n) is 4.18. The fraction of sp³-hybridized carbons (Fsp3) is 0.750. The van der Waals surface area contributed by atoms with Crippen LogP contribution in [-0.4, -0.2) is 32.2 Å². The first-order valence-electron chi connectivity index (χ1n) is 4.08. The predicted octanol–water partition coefficient (Wildman–Crippen LogP) is 1.20. The molecule has 1 N–H and O–H groups in total. The Morgan fingerprint density at radius 1 is 1.38 bits per heavy atom. The molecule has 0 aliphatic carbocycles. The van der Waals surface area contributed by atoms with Crippen molar-refractivity contribution in [2.75, 3.05) is 7.11 Å². The lowest BCUT2D eigenvalue weighted by Crippen LogP contribution is -2.33. The molecule has 1 atom stereocenters. The van der Waals surface area contributed by atoms with E-state index in [4.69, 9.17) is 5.11 Å². The average molecular weight is 204 g/mol. The van der Waals surface area contributed by atoms with Gasteiger partial charge >= 0.3 is 11.9 Å². The summed E-state index contributed by atoms with van der Waals surface area (Å²) in [5.41, 5.74) is 0. The highest BCUT2D eigenvalue weighted by molar-refractivity contribution is 6.76. The number of carboxylic acids is 1. The van der Waals surface area contributed by atoms with Crippen LogP contribution in [0.2, 0.25) is 25.7 Å². The molecule has 0 bridgehead atoms. The molecule has 0 aromatic rings. The van der Waals surface area contributed by atoms with Gasteiger partial charge < -0.3 is 9.84 Å². The van der Waals surface area contributed by atoms with Gasteiger partial charge in [-0.15, -0.1) is 0 Å². The predicted molar refractivity (Wildman–Crippen MR) is 51.3 cm³/mol. The average Bonchev–Trinajstić information content (AvgIpc) is 1.96. The van der Waals surface area contributed by atoms with Crippen LogP contribution in [0, 0.1) is 5.92 Å². The van der Waals surface area contributed by atoms with Crippen LogP contribution in [0.25, 0.3) is 0 Å². The zero-order chi connectivity index (χ0) is 10.6. The van der Waals surface area contributed by atoms with Crippen LogP contribution in [-0.2, 0) is 14.3 Å². The monoisotopic (exact) mass is 204 g/mol. The zero-order valence-corrected chi connectivity index (χ0v) is 9.46. The number of hydrogen-bond acceptors (Lipinski definition) is 3. The number of carbonyl (C=O) groups excluding carboxylic acids is 1. The van der Waals surface area contributed by atoms with Gasteiger partial charge in [-0.3, -0.25) is 9.59 Å². The number of ether oxygens (including phenoxy) is 1. The van der Waals surface area contributed by atoms with Gasteiger partial charge in [0.25, 0.3) is 0 Å². The van der Waals surface area contributed by atoms with E-state index in [-0.39, 0.29) is 0 Å². The lowest BCUT2D eigenvalue weighted by atomic mass is 10.2. The molecular formula is C8H16O4Si. The first-order valence-corrected chi connectivity index (χ1v) is 7.79. The van der Waals surface area contributed by atoms with Gasteiger partial charge in [0, 0.05) is 8.07 Å². The van der Waals surface area contributed by atoms with E-state index >= 15 is 0 Å². The van der Waals surface area contributed by atoms with E-state index in [0.717, 1.165) is 0 Å². The first kappa shape index (κ1) is 12.2. The Hall–Kier alpha value is -0.843. The molecule has 5 heteroatoms. The molecule has 0 spiro atoms. The molecule has 4 nitrogen and oxygen atoms in total. The van der Waals surface area contributed by atoms with Crippen molar-refractivity contribution in [3.63, 3.8) is 0 Å². The number of carboxylic acid groups (broad SMARTS) is 1. The molecule has 0 aliphatic heterocycles. The molecule has 0 aromatic heterocycles. The minimum absolute atomic E-state index is 0.426. The number of carbonyl (C=O) groups is 2. The topological polar surface area (TPSA) is 63.6 Å². The third-order valence-corrected chi connectivity index (χ3v) is 3.23. The first-order chi connectivity index (χ1) is 5.78. The highest BCUT2D eigenvalue weighted by Crippen LogP contribution is 2.18. The van der Waals surface area contributed by atoms with Crippen LogP contribution in [0.4, 0.5) is 0 Å². The number of aliphatic carboxylic acids is 1. The molecule has 0 heterocycles. The summed E-state index contributed by atoms with van der Waals surface area (Å²) in [5, 5.41) is 8.76. The van der Waals surface area contributed by atoms with Crippen molar-refractivity contribution in [3.8, 4) is 0 Å². The Morgan fingerprint density at radius 3 is 2.08 bits per heavy atom. The van der Waals surface area contributed by atoms with Crippen LogP contribution in [0.1, 0.15) is 0 Å². The molecular weight excluding hydrogens is 188 g/mol. The standard InChI is InChI=1S/C8H16O4Si/c1-12-8(11)6(7(9)10)5-13(2,3)4/h6H,5H2,1-4H3,(H,9,10). The Labute approximate surface area is 78.9 Å². The summed E-state index contributed by atoms with van der Waals surface area (Å²) in [6, 6.07) is 0.426. The summed E-state index contributed by atoms with van der Waals surface area (Å²) in [6.45, 7) is 6.06. The molecule has 1 unspecified atom stereocenters. The lowest BCUT2D eigenvalue weighted by molar-refractivity contribution is -0.155. The second-order valence-corrected chi connectivity index (χ2v) is 9.71. The van der Waals surface area contributed by atoms with Crippen molar-refractivity contribution >= 4 is 20.0 Å². The van der Waals surface area contributed by atoms with Crippen molar-refractivity contribution in [2.45, 2.75) is 25.7 Å².